The summed E-state index contributed by atoms with van der Waals surface area (Å²) in [7, 11) is 0. The number of aryl methyl sites for hydroxylation is 1. The monoisotopic (exact) mass is 434 g/mol. The van der Waals surface area contributed by atoms with Crippen LogP contribution in [0.1, 0.15) is 32.0 Å². The number of hydrogen-bond acceptors (Lipinski definition) is 5. The third kappa shape index (κ3) is 5.13. The molecule has 2 aromatic carbocycles. The van der Waals surface area contributed by atoms with Crippen molar-refractivity contribution in [2.75, 3.05) is 44.2 Å². The Labute approximate surface area is 190 Å². The Morgan fingerprint density at radius 2 is 1.62 bits per heavy atom. The molecule has 6 heteroatoms. The van der Waals surface area contributed by atoms with Gasteiger partial charge in [-0.25, -0.2) is 4.98 Å². The Morgan fingerprint density at radius 1 is 0.906 bits per heavy atom. The number of ether oxygens (including phenoxy) is 1. The lowest BCUT2D eigenvalue weighted by Crippen LogP contribution is -2.46. The molecule has 1 aliphatic rings. The van der Waals surface area contributed by atoms with Gasteiger partial charge in [-0.05, 0) is 57.5 Å². The van der Waals surface area contributed by atoms with Crippen LogP contribution in [0.15, 0.2) is 53.3 Å². The predicted molar refractivity (Wildman–Crippen MR) is 131 cm³/mol. The van der Waals surface area contributed by atoms with Crippen molar-refractivity contribution in [2.24, 2.45) is 0 Å². The second-order valence-electron chi connectivity index (χ2n) is 8.42. The minimum Gasteiger partial charge on any atom is -0.492 e. The number of rotatable bonds is 9. The summed E-state index contributed by atoms with van der Waals surface area (Å²) in [5.41, 5.74) is 2.07. The number of anilines is 1. The molecule has 0 aliphatic carbocycles. The van der Waals surface area contributed by atoms with Crippen molar-refractivity contribution in [1.82, 2.24) is 14.5 Å². The zero-order valence-electron chi connectivity index (χ0n) is 19.3. The third-order valence-electron chi connectivity index (χ3n) is 6.29. The van der Waals surface area contributed by atoms with Crippen molar-refractivity contribution in [1.29, 1.82) is 0 Å². The van der Waals surface area contributed by atoms with Crippen LogP contribution in [0.3, 0.4) is 0 Å². The Bertz CT molecular complexity index is 1090. The molecule has 6 nitrogen and oxygen atoms in total. The first kappa shape index (κ1) is 22.3. The van der Waals surface area contributed by atoms with Crippen LogP contribution >= 0.6 is 0 Å². The summed E-state index contributed by atoms with van der Waals surface area (Å²) < 4.78 is 7.63. The van der Waals surface area contributed by atoms with E-state index in [1.165, 1.54) is 5.69 Å². The standard InChI is InChI=1S/C26H34N4O2/c1-3-32-25-14-8-7-13-24(25)29-19-17-28(18-20-29)15-9-4-10-16-30-21(2)27-23-12-6-5-11-22(23)26(30)31/h5-8,11-14H,3-4,9-10,15-20H2,1-2H3. The number of unbranched alkanes of at least 4 members (excludes halogenated alkanes) is 2. The van der Waals surface area contributed by atoms with Gasteiger partial charge in [0.1, 0.15) is 11.6 Å². The molecule has 0 spiro atoms. The number of nitrogens with zero attached hydrogens (tertiary/aromatic N) is 4. The van der Waals surface area contributed by atoms with E-state index in [0.717, 1.165) is 75.6 Å². The highest BCUT2D eigenvalue weighted by Crippen LogP contribution is 2.28. The van der Waals surface area contributed by atoms with Gasteiger partial charge < -0.3 is 9.64 Å². The fourth-order valence-electron chi connectivity index (χ4n) is 4.53. The van der Waals surface area contributed by atoms with E-state index in [1.54, 1.807) is 0 Å². The van der Waals surface area contributed by atoms with Gasteiger partial charge in [-0.15, -0.1) is 0 Å². The van der Waals surface area contributed by atoms with Crippen molar-refractivity contribution in [3.63, 3.8) is 0 Å². The first-order valence-electron chi connectivity index (χ1n) is 11.8. The highest BCUT2D eigenvalue weighted by Gasteiger charge is 2.19. The van der Waals surface area contributed by atoms with Crippen LogP contribution in [0.25, 0.3) is 10.9 Å². The molecule has 4 rings (SSSR count). The van der Waals surface area contributed by atoms with Crippen molar-refractivity contribution in [3.05, 3.63) is 64.7 Å². The third-order valence-corrected chi connectivity index (χ3v) is 6.29. The molecule has 170 valence electrons. The second-order valence-corrected chi connectivity index (χ2v) is 8.42. The van der Waals surface area contributed by atoms with E-state index in [1.807, 2.05) is 48.7 Å². The van der Waals surface area contributed by atoms with Crippen molar-refractivity contribution >= 4 is 16.6 Å². The normalized spacial score (nSPS) is 14.8. The molecule has 0 bridgehead atoms. The summed E-state index contributed by atoms with van der Waals surface area (Å²) in [6.07, 6.45) is 3.28. The molecule has 1 aromatic heterocycles. The minimum atomic E-state index is 0.0801. The number of piperazine rings is 1. The molecule has 1 saturated heterocycles. The maximum atomic E-state index is 12.8. The Morgan fingerprint density at radius 3 is 2.44 bits per heavy atom. The van der Waals surface area contributed by atoms with Crippen LogP contribution in [-0.4, -0.2) is 53.8 Å². The van der Waals surface area contributed by atoms with Gasteiger partial charge in [0.15, 0.2) is 0 Å². The fraction of sp³-hybridized carbons (Fsp3) is 0.462. The van der Waals surface area contributed by atoms with Gasteiger partial charge in [-0.2, -0.15) is 0 Å². The van der Waals surface area contributed by atoms with E-state index in [2.05, 4.69) is 33.0 Å². The molecular formula is C26H34N4O2. The van der Waals surface area contributed by atoms with Gasteiger partial charge in [0.05, 0.1) is 23.2 Å². The number of para-hydroxylation sites is 3. The van der Waals surface area contributed by atoms with Crippen LogP contribution < -0.4 is 15.2 Å². The van der Waals surface area contributed by atoms with Crippen molar-refractivity contribution < 1.29 is 4.74 Å². The number of hydrogen-bond donors (Lipinski definition) is 0. The molecule has 0 unspecified atom stereocenters. The lowest BCUT2D eigenvalue weighted by Gasteiger charge is -2.36. The summed E-state index contributed by atoms with van der Waals surface area (Å²) in [5.74, 6) is 1.79. The van der Waals surface area contributed by atoms with Crippen molar-refractivity contribution in [3.8, 4) is 5.75 Å². The number of fused-ring (bicyclic) bond motifs is 1. The molecule has 1 fully saturated rings. The summed E-state index contributed by atoms with van der Waals surface area (Å²) in [4.78, 5) is 22.4. The van der Waals surface area contributed by atoms with Gasteiger partial charge in [-0.1, -0.05) is 30.7 Å². The maximum Gasteiger partial charge on any atom is 0.261 e. The number of benzene rings is 2. The molecule has 0 atom stereocenters. The fourth-order valence-corrected chi connectivity index (χ4v) is 4.53. The van der Waals surface area contributed by atoms with E-state index >= 15 is 0 Å². The second kappa shape index (κ2) is 10.6. The predicted octanol–water partition coefficient (Wildman–Crippen LogP) is 4.10. The van der Waals surface area contributed by atoms with Crippen LogP contribution in [0.5, 0.6) is 5.75 Å². The van der Waals surface area contributed by atoms with E-state index in [0.29, 0.717) is 12.0 Å². The molecule has 1 aliphatic heterocycles. The lowest BCUT2D eigenvalue weighted by molar-refractivity contribution is 0.250. The molecular weight excluding hydrogens is 400 g/mol. The zero-order chi connectivity index (χ0) is 22.3. The average Bonchev–Trinajstić information content (AvgIpc) is 2.82. The average molecular weight is 435 g/mol. The van der Waals surface area contributed by atoms with Gasteiger partial charge in [0.2, 0.25) is 0 Å². The van der Waals surface area contributed by atoms with Gasteiger partial charge in [0, 0.05) is 32.7 Å². The lowest BCUT2D eigenvalue weighted by atomic mass is 10.2. The van der Waals surface area contributed by atoms with E-state index in [9.17, 15) is 4.79 Å². The summed E-state index contributed by atoms with van der Waals surface area (Å²) >= 11 is 0. The van der Waals surface area contributed by atoms with Crippen LogP contribution in [0.4, 0.5) is 5.69 Å². The van der Waals surface area contributed by atoms with E-state index in [-0.39, 0.29) is 5.56 Å². The zero-order valence-corrected chi connectivity index (χ0v) is 19.3. The van der Waals surface area contributed by atoms with Crippen molar-refractivity contribution in [2.45, 2.75) is 39.7 Å². The molecule has 2 heterocycles. The first-order chi connectivity index (χ1) is 15.7. The van der Waals surface area contributed by atoms with Gasteiger partial charge >= 0.3 is 0 Å². The maximum absolute atomic E-state index is 12.8. The smallest absolute Gasteiger partial charge is 0.261 e. The summed E-state index contributed by atoms with van der Waals surface area (Å²) in [6, 6.07) is 15.9. The molecule has 0 amide bonds. The van der Waals surface area contributed by atoms with Crippen LogP contribution in [0, 0.1) is 6.92 Å². The highest BCUT2D eigenvalue weighted by atomic mass is 16.5. The Balaban J connectivity index is 1.22. The van der Waals surface area contributed by atoms with Crippen LogP contribution in [-0.2, 0) is 6.54 Å². The first-order valence-corrected chi connectivity index (χ1v) is 11.8. The summed E-state index contributed by atoms with van der Waals surface area (Å²) in [5, 5.41) is 0.710. The molecule has 0 radical (unpaired) electrons. The molecule has 0 N–H and O–H groups in total. The molecule has 0 saturated carbocycles. The summed E-state index contributed by atoms with van der Waals surface area (Å²) in [6.45, 7) is 10.7. The SMILES string of the molecule is CCOc1ccccc1N1CCN(CCCCCn2c(C)nc3ccccc3c2=O)CC1. The topological polar surface area (TPSA) is 50.6 Å². The van der Waals surface area contributed by atoms with Gasteiger partial charge in [0.25, 0.3) is 5.56 Å². The minimum absolute atomic E-state index is 0.0801. The highest BCUT2D eigenvalue weighted by molar-refractivity contribution is 5.77. The van der Waals surface area contributed by atoms with Crippen LogP contribution in [0.2, 0.25) is 0 Å². The Hall–Kier alpha value is -2.86. The quantitative estimate of drug-likeness (QED) is 0.475. The van der Waals surface area contributed by atoms with E-state index in [4.69, 9.17) is 4.74 Å². The van der Waals surface area contributed by atoms with Gasteiger partial charge in [-0.3, -0.25) is 14.3 Å². The molecule has 32 heavy (non-hydrogen) atoms. The number of aromatic nitrogens is 2. The van der Waals surface area contributed by atoms with E-state index < -0.39 is 0 Å². The molecule has 3 aromatic rings. The largest absolute Gasteiger partial charge is 0.492 e. The Kier molecular flexibility index (Phi) is 7.43.